The lowest BCUT2D eigenvalue weighted by molar-refractivity contribution is -0.118. The molecule has 1 unspecified atom stereocenters. The van der Waals surface area contributed by atoms with E-state index in [0.29, 0.717) is 15.7 Å². The molecule has 1 amide bonds. The van der Waals surface area contributed by atoms with Crippen molar-refractivity contribution in [1.29, 1.82) is 0 Å². The maximum atomic E-state index is 12.2. The third-order valence-corrected chi connectivity index (χ3v) is 4.41. The Morgan fingerprint density at radius 1 is 1.29 bits per heavy atom. The number of nitrogens with one attached hydrogen (secondary N) is 1. The van der Waals surface area contributed by atoms with Crippen LogP contribution in [0.1, 0.15) is 25.7 Å². The molecule has 1 aliphatic rings. The summed E-state index contributed by atoms with van der Waals surface area (Å²) >= 11 is 12.1. The number of nitrogens with zero attached hydrogens (tertiary/aromatic N) is 1. The van der Waals surface area contributed by atoms with E-state index in [0.717, 1.165) is 32.2 Å². The smallest absolute Gasteiger partial charge is 0.238 e. The molecule has 0 bridgehead atoms. The fourth-order valence-electron chi connectivity index (χ4n) is 2.63. The number of hydrogen-bond acceptors (Lipinski definition) is 3. The van der Waals surface area contributed by atoms with E-state index in [4.69, 9.17) is 23.2 Å². The Balaban J connectivity index is 2.00. The quantitative estimate of drug-likeness (QED) is 0.891. The van der Waals surface area contributed by atoms with Crippen LogP contribution in [0.2, 0.25) is 10.0 Å². The molecule has 1 aliphatic heterocycles. The second kappa shape index (κ2) is 7.99. The fraction of sp³-hybridized carbons (Fsp3) is 0.533. The van der Waals surface area contributed by atoms with Gasteiger partial charge in [-0.1, -0.05) is 42.1 Å². The van der Waals surface area contributed by atoms with Gasteiger partial charge < -0.3 is 10.4 Å². The zero-order valence-electron chi connectivity index (χ0n) is 11.8. The van der Waals surface area contributed by atoms with E-state index in [1.165, 1.54) is 0 Å². The van der Waals surface area contributed by atoms with Crippen molar-refractivity contribution in [1.82, 2.24) is 4.90 Å². The number of anilines is 1. The summed E-state index contributed by atoms with van der Waals surface area (Å²) in [7, 11) is 0. The Bertz CT molecular complexity index is 476. The average Bonchev–Trinajstić information content (AvgIpc) is 2.68. The minimum atomic E-state index is -0.162. The molecule has 6 heteroatoms. The summed E-state index contributed by atoms with van der Waals surface area (Å²) < 4.78 is 0. The molecule has 1 fully saturated rings. The van der Waals surface area contributed by atoms with Gasteiger partial charge in [-0.2, -0.15) is 0 Å². The Morgan fingerprint density at radius 2 is 2.00 bits per heavy atom. The molecule has 0 aromatic heterocycles. The van der Waals surface area contributed by atoms with Gasteiger partial charge in [0.2, 0.25) is 5.91 Å². The average molecular weight is 331 g/mol. The summed E-state index contributed by atoms with van der Waals surface area (Å²) in [6.07, 6.45) is 4.22. The van der Waals surface area contributed by atoms with Crippen LogP contribution in [0.15, 0.2) is 18.2 Å². The standard InChI is InChI=1S/C15H20Cl2N2O2/c16-12-6-4-7-13(17)15(12)18-14(21)9-19-8-3-1-2-5-11(19)10-20/h4,6-7,11,20H,1-3,5,8-10H2,(H,18,21). The Kier molecular flexibility index (Phi) is 6.30. The summed E-state index contributed by atoms with van der Waals surface area (Å²) in [4.78, 5) is 14.2. The molecule has 1 saturated heterocycles. The van der Waals surface area contributed by atoms with Gasteiger partial charge in [-0.25, -0.2) is 0 Å². The largest absolute Gasteiger partial charge is 0.395 e. The minimum absolute atomic E-state index is 0.0555. The molecule has 1 aromatic carbocycles. The molecule has 116 valence electrons. The van der Waals surface area contributed by atoms with E-state index in [-0.39, 0.29) is 25.1 Å². The molecule has 2 rings (SSSR count). The van der Waals surface area contributed by atoms with Gasteiger partial charge in [0.05, 0.1) is 28.9 Å². The van der Waals surface area contributed by atoms with Crippen molar-refractivity contribution < 1.29 is 9.90 Å². The van der Waals surface area contributed by atoms with E-state index in [2.05, 4.69) is 5.32 Å². The first-order valence-corrected chi connectivity index (χ1v) is 7.96. The van der Waals surface area contributed by atoms with Crippen molar-refractivity contribution in [2.45, 2.75) is 31.7 Å². The molecule has 0 saturated carbocycles. The Morgan fingerprint density at radius 3 is 2.67 bits per heavy atom. The number of carbonyl (C=O) groups is 1. The fourth-order valence-corrected chi connectivity index (χ4v) is 3.12. The normalized spacial score (nSPS) is 20.0. The van der Waals surface area contributed by atoms with E-state index in [9.17, 15) is 9.90 Å². The highest BCUT2D eigenvalue weighted by Crippen LogP contribution is 2.29. The number of halogens is 2. The molecule has 2 N–H and O–H groups in total. The topological polar surface area (TPSA) is 52.6 Å². The third-order valence-electron chi connectivity index (χ3n) is 3.78. The van der Waals surface area contributed by atoms with Gasteiger partial charge in [0.1, 0.15) is 0 Å². The third kappa shape index (κ3) is 4.58. The molecule has 1 heterocycles. The Hall–Kier alpha value is -0.810. The second-order valence-electron chi connectivity index (χ2n) is 5.30. The first-order valence-electron chi connectivity index (χ1n) is 7.20. The highest BCUT2D eigenvalue weighted by molar-refractivity contribution is 6.39. The first kappa shape index (κ1) is 16.6. The van der Waals surface area contributed by atoms with E-state index >= 15 is 0 Å². The van der Waals surface area contributed by atoms with E-state index in [1.54, 1.807) is 18.2 Å². The maximum absolute atomic E-state index is 12.2. The number of para-hydroxylation sites is 1. The van der Waals surface area contributed by atoms with Crippen LogP contribution in [-0.4, -0.2) is 41.7 Å². The summed E-state index contributed by atoms with van der Waals surface area (Å²) in [5.74, 6) is -0.162. The van der Waals surface area contributed by atoms with Gasteiger partial charge in [0.15, 0.2) is 0 Å². The molecule has 0 aliphatic carbocycles. The zero-order chi connectivity index (χ0) is 15.2. The second-order valence-corrected chi connectivity index (χ2v) is 6.12. The van der Waals surface area contributed by atoms with Crippen LogP contribution in [-0.2, 0) is 4.79 Å². The van der Waals surface area contributed by atoms with E-state index in [1.807, 2.05) is 4.90 Å². The lowest BCUT2D eigenvalue weighted by Gasteiger charge is -2.27. The molecule has 1 atom stereocenters. The zero-order valence-corrected chi connectivity index (χ0v) is 13.3. The number of rotatable bonds is 4. The van der Waals surface area contributed by atoms with Crippen LogP contribution in [0.3, 0.4) is 0 Å². The first-order chi connectivity index (χ1) is 10.1. The summed E-state index contributed by atoms with van der Waals surface area (Å²) in [5, 5.41) is 13.1. The number of carbonyl (C=O) groups excluding carboxylic acids is 1. The number of likely N-dealkylation sites (tertiary alicyclic amines) is 1. The van der Waals surface area contributed by atoms with Gasteiger partial charge in [-0.3, -0.25) is 9.69 Å². The highest BCUT2D eigenvalue weighted by Gasteiger charge is 2.22. The van der Waals surface area contributed by atoms with Crippen LogP contribution in [0, 0.1) is 0 Å². The van der Waals surface area contributed by atoms with Gasteiger partial charge in [-0.05, 0) is 31.5 Å². The molecular weight excluding hydrogens is 311 g/mol. The molecule has 0 spiro atoms. The molecule has 0 radical (unpaired) electrons. The molecule has 21 heavy (non-hydrogen) atoms. The highest BCUT2D eigenvalue weighted by atomic mass is 35.5. The van der Waals surface area contributed by atoms with Gasteiger partial charge >= 0.3 is 0 Å². The van der Waals surface area contributed by atoms with Crippen LogP contribution < -0.4 is 5.32 Å². The van der Waals surface area contributed by atoms with Crippen molar-refractivity contribution in [3.63, 3.8) is 0 Å². The van der Waals surface area contributed by atoms with Crippen LogP contribution in [0.5, 0.6) is 0 Å². The lowest BCUT2D eigenvalue weighted by atomic mass is 10.1. The number of aliphatic hydroxyl groups excluding tert-OH is 1. The monoisotopic (exact) mass is 330 g/mol. The SMILES string of the molecule is O=C(CN1CCCCCC1CO)Nc1c(Cl)cccc1Cl. The maximum Gasteiger partial charge on any atom is 0.238 e. The summed E-state index contributed by atoms with van der Waals surface area (Å²) in [6, 6.07) is 5.16. The van der Waals surface area contributed by atoms with E-state index < -0.39 is 0 Å². The predicted octanol–water partition coefficient (Wildman–Crippen LogP) is 3.17. The van der Waals surface area contributed by atoms with Crippen LogP contribution in [0.4, 0.5) is 5.69 Å². The summed E-state index contributed by atoms with van der Waals surface area (Å²) in [5.41, 5.74) is 0.446. The molecular formula is C15H20Cl2N2O2. The number of amides is 1. The molecule has 4 nitrogen and oxygen atoms in total. The predicted molar refractivity (Wildman–Crippen MR) is 86.0 cm³/mol. The van der Waals surface area contributed by atoms with Crippen molar-refractivity contribution in [2.75, 3.05) is 25.0 Å². The van der Waals surface area contributed by atoms with Gasteiger partial charge in [-0.15, -0.1) is 0 Å². The molecule has 1 aromatic rings. The van der Waals surface area contributed by atoms with Crippen molar-refractivity contribution >= 4 is 34.8 Å². The van der Waals surface area contributed by atoms with Crippen molar-refractivity contribution in [2.24, 2.45) is 0 Å². The number of aliphatic hydroxyl groups is 1. The van der Waals surface area contributed by atoms with Crippen molar-refractivity contribution in [3.8, 4) is 0 Å². The van der Waals surface area contributed by atoms with Crippen LogP contribution in [0.25, 0.3) is 0 Å². The number of benzene rings is 1. The number of hydrogen-bond donors (Lipinski definition) is 2. The van der Waals surface area contributed by atoms with Gasteiger partial charge in [0, 0.05) is 6.04 Å². The summed E-state index contributed by atoms with van der Waals surface area (Å²) in [6.45, 7) is 1.15. The minimum Gasteiger partial charge on any atom is -0.395 e. The van der Waals surface area contributed by atoms with Crippen LogP contribution >= 0.6 is 23.2 Å². The lowest BCUT2D eigenvalue weighted by Crippen LogP contribution is -2.42. The van der Waals surface area contributed by atoms with Crippen molar-refractivity contribution in [3.05, 3.63) is 28.2 Å². The van der Waals surface area contributed by atoms with Gasteiger partial charge in [0.25, 0.3) is 0 Å². The Labute approximate surface area is 135 Å².